The van der Waals surface area contributed by atoms with Gasteiger partial charge in [-0.2, -0.15) is 5.10 Å². The molecule has 0 aliphatic carbocycles. The molecule has 4 nitrogen and oxygen atoms in total. The van der Waals surface area contributed by atoms with Gasteiger partial charge in [0, 0.05) is 25.8 Å². The summed E-state index contributed by atoms with van der Waals surface area (Å²) in [4.78, 5) is 0. The molecule has 104 valence electrons. The fraction of sp³-hybridized carbons (Fsp3) is 0.500. The summed E-state index contributed by atoms with van der Waals surface area (Å²) >= 11 is 0. The Bertz CT molecular complexity index is 572. The minimum absolute atomic E-state index is 0.511. The zero-order chi connectivity index (χ0) is 14.0. The van der Waals surface area contributed by atoms with Crippen LogP contribution in [0.25, 0.3) is 10.9 Å². The van der Waals surface area contributed by atoms with Crippen molar-refractivity contribution in [3.63, 3.8) is 0 Å². The van der Waals surface area contributed by atoms with Crippen molar-refractivity contribution < 1.29 is 4.74 Å². The Morgan fingerprint density at radius 2 is 2.05 bits per heavy atom. The van der Waals surface area contributed by atoms with Gasteiger partial charge in [-0.1, -0.05) is 19.6 Å². The van der Waals surface area contributed by atoms with E-state index < -0.39 is 8.07 Å². The van der Waals surface area contributed by atoms with E-state index in [0.29, 0.717) is 6.73 Å². The Morgan fingerprint density at radius 1 is 1.32 bits per heavy atom. The van der Waals surface area contributed by atoms with E-state index in [4.69, 9.17) is 10.5 Å². The van der Waals surface area contributed by atoms with Crippen molar-refractivity contribution in [2.45, 2.75) is 39.3 Å². The third-order valence-corrected chi connectivity index (χ3v) is 4.94. The van der Waals surface area contributed by atoms with Crippen LogP contribution in [0, 0.1) is 6.92 Å². The second-order valence-electron chi connectivity index (χ2n) is 6.26. The molecule has 0 bridgehead atoms. The maximum absolute atomic E-state index is 5.90. The van der Waals surface area contributed by atoms with Crippen LogP contribution in [0.5, 0.6) is 0 Å². The average Bonchev–Trinajstić information content (AvgIpc) is 2.67. The highest BCUT2D eigenvalue weighted by atomic mass is 28.3. The predicted octanol–water partition coefficient (Wildman–Crippen LogP) is 3.24. The van der Waals surface area contributed by atoms with Crippen LogP contribution in [0.2, 0.25) is 25.7 Å². The number of nitrogen functional groups attached to an aromatic ring is 1. The molecule has 1 aromatic heterocycles. The molecule has 0 radical (unpaired) electrons. The first-order valence-electron chi connectivity index (χ1n) is 6.66. The molecule has 2 rings (SSSR count). The predicted molar refractivity (Wildman–Crippen MR) is 83.0 cm³/mol. The highest BCUT2D eigenvalue weighted by Gasteiger charge is 2.12. The SMILES string of the molecule is Cc1cc2c(cnn2COCC[Si](C)(C)C)cc1N. The van der Waals surface area contributed by atoms with E-state index in [-0.39, 0.29) is 0 Å². The van der Waals surface area contributed by atoms with E-state index in [1.165, 1.54) is 6.04 Å². The van der Waals surface area contributed by atoms with E-state index in [2.05, 4.69) is 30.8 Å². The number of nitrogens with zero attached hydrogens (tertiary/aromatic N) is 2. The number of hydrogen-bond donors (Lipinski definition) is 1. The van der Waals surface area contributed by atoms with Gasteiger partial charge >= 0.3 is 0 Å². The number of aromatic nitrogens is 2. The average molecular weight is 277 g/mol. The minimum atomic E-state index is -1.02. The van der Waals surface area contributed by atoms with Gasteiger partial charge in [0.1, 0.15) is 6.73 Å². The molecule has 1 heterocycles. The number of benzene rings is 1. The first-order chi connectivity index (χ1) is 8.87. The summed E-state index contributed by atoms with van der Waals surface area (Å²) in [6.45, 7) is 10.4. The standard InChI is InChI=1S/C14H23N3OSi/c1-11-7-14-12(8-13(11)15)9-16-17(14)10-18-5-6-19(2,3)4/h7-9H,5-6,10,15H2,1-4H3. The molecule has 0 atom stereocenters. The quantitative estimate of drug-likeness (QED) is 0.518. The third-order valence-electron chi connectivity index (χ3n) is 3.24. The monoisotopic (exact) mass is 277 g/mol. The summed E-state index contributed by atoms with van der Waals surface area (Å²) in [5.74, 6) is 0. The van der Waals surface area contributed by atoms with E-state index in [1.807, 2.05) is 23.9 Å². The third kappa shape index (κ3) is 3.58. The van der Waals surface area contributed by atoms with Gasteiger partial charge in [-0.3, -0.25) is 0 Å². The lowest BCUT2D eigenvalue weighted by Crippen LogP contribution is -2.22. The van der Waals surface area contributed by atoms with Crippen LogP contribution in [0.3, 0.4) is 0 Å². The normalized spacial score (nSPS) is 12.2. The fourth-order valence-corrected chi connectivity index (χ4v) is 2.64. The molecular formula is C14H23N3OSi. The lowest BCUT2D eigenvalue weighted by Gasteiger charge is -2.15. The van der Waals surface area contributed by atoms with Crippen molar-refractivity contribution >= 4 is 24.7 Å². The van der Waals surface area contributed by atoms with Crippen molar-refractivity contribution in [2.75, 3.05) is 12.3 Å². The molecule has 2 N–H and O–H groups in total. The summed E-state index contributed by atoms with van der Waals surface area (Å²) < 4.78 is 7.63. The van der Waals surface area contributed by atoms with Crippen LogP contribution in [0.4, 0.5) is 5.69 Å². The molecule has 1 aromatic carbocycles. The van der Waals surface area contributed by atoms with Crippen LogP contribution in [0.15, 0.2) is 18.3 Å². The molecule has 0 unspecified atom stereocenters. The van der Waals surface area contributed by atoms with Gasteiger partial charge in [-0.15, -0.1) is 0 Å². The van der Waals surface area contributed by atoms with Crippen molar-refractivity contribution in [3.8, 4) is 0 Å². The topological polar surface area (TPSA) is 53.1 Å². The van der Waals surface area contributed by atoms with Gasteiger partial charge in [0.05, 0.1) is 11.7 Å². The number of ether oxygens (including phenoxy) is 1. The van der Waals surface area contributed by atoms with Gasteiger partial charge in [0.2, 0.25) is 0 Å². The molecule has 0 fully saturated rings. The fourth-order valence-electron chi connectivity index (χ4n) is 1.88. The molecule has 0 saturated heterocycles. The molecule has 0 saturated carbocycles. The summed E-state index contributed by atoms with van der Waals surface area (Å²) in [5, 5.41) is 5.43. The largest absolute Gasteiger partial charge is 0.398 e. The summed E-state index contributed by atoms with van der Waals surface area (Å²) in [6, 6.07) is 5.22. The molecule has 0 aliphatic rings. The molecule has 2 aromatic rings. The van der Waals surface area contributed by atoms with Crippen LogP contribution in [0.1, 0.15) is 5.56 Å². The number of anilines is 1. The number of hydrogen-bond acceptors (Lipinski definition) is 3. The van der Waals surface area contributed by atoms with Crippen LogP contribution in [-0.4, -0.2) is 24.5 Å². The van der Waals surface area contributed by atoms with Crippen LogP contribution < -0.4 is 5.73 Å². The van der Waals surface area contributed by atoms with E-state index in [1.54, 1.807) is 0 Å². The second-order valence-corrected chi connectivity index (χ2v) is 11.9. The zero-order valence-electron chi connectivity index (χ0n) is 12.2. The number of nitrogens with two attached hydrogens (primary N) is 1. The molecule has 0 amide bonds. The zero-order valence-corrected chi connectivity index (χ0v) is 13.2. The first-order valence-corrected chi connectivity index (χ1v) is 10.4. The summed E-state index contributed by atoms with van der Waals surface area (Å²) in [5.41, 5.74) is 8.88. The Morgan fingerprint density at radius 3 is 2.74 bits per heavy atom. The lowest BCUT2D eigenvalue weighted by molar-refractivity contribution is 0.0817. The van der Waals surface area contributed by atoms with Crippen molar-refractivity contribution in [2.24, 2.45) is 0 Å². The maximum Gasteiger partial charge on any atom is 0.139 e. The number of rotatable bonds is 5. The highest BCUT2D eigenvalue weighted by molar-refractivity contribution is 6.76. The van der Waals surface area contributed by atoms with E-state index >= 15 is 0 Å². The highest BCUT2D eigenvalue weighted by Crippen LogP contribution is 2.21. The molecule has 19 heavy (non-hydrogen) atoms. The van der Waals surface area contributed by atoms with E-state index in [9.17, 15) is 0 Å². The van der Waals surface area contributed by atoms with Crippen molar-refractivity contribution in [1.82, 2.24) is 9.78 Å². The summed E-state index contributed by atoms with van der Waals surface area (Å²) in [7, 11) is -1.02. The lowest BCUT2D eigenvalue weighted by atomic mass is 10.1. The smallest absolute Gasteiger partial charge is 0.139 e. The minimum Gasteiger partial charge on any atom is -0.398 e. The van der Waals surface area contributed by atoms with Gasteiger partial charge < -0.3 is 10.5 Å². The Balaban J connectivity index is 2.03. The van der Waals surface area contributed by atoms with Crippen molar-refractivity contribution in [3.05, 3.63) is 23.9 Å². The molecule has 0 aliphatic heterocycles. The van der Waals surface area contributed by atoms with Gasteiger partial charge in [0.25, 0.3) is 0 Å². The Labute approximate surface area is 115 Å². The molecule has 5 heteroatoms. The Kier molecular flexibility index (Phi) is 3.96. The van der Waals surface area contributed by atoms with Crippen molar-refractivity contribution in [1.29, 1.82) is 0 Å². The van der Waals surface area contributed by atoms with Gasteiger partial charge in [0.15, 0.2) is 0 Å². The van der Waals surface area contributed by atoms with Gasteiger partial charge in [-0.25, -0.2) is 4.68 Å². The van der Waals surface area contributed by atoms with Crippen LogP contribution in [-0.2, 0) is 11.5 Å². The maximum atomic E-state index is 5.90. The summed E-state index contributed by atoms with van der Waals surface area (Å²) in [6.07, 6.45) is 1.84. The first kappa shape index (κ1) is 14.1. The number of fused-ring (bicyclic) bond motifs is 1. The van der Waals surface area contributed by atoms with Gasteiger partial charge in [-0.05, 0) is 30.7 Å². The van der Waals surface area contributed by atoms with E-state index in [0.717, 1.165) is 28.8 Å². The second kappa shape index (κ2) is 5.34. The number of aryl methyl sites for hydroxylation is 1. The molecular weight excluding hydrogens is 254 g/mol. The molecule has 0 spiro atoms. The Hall–Kier alpha value is -1.33. The van der Waals surface area contributed by atoms with Crippen LogP contribution >= 0.6 is 0 Å².